The van der Waals surface area contributed by atoms with Crippen LogP contribution in [0.15, 0.2) is 22.5 Å². The highest BCUT2D eigenvalue weighted by atomic mass is 32.1. The molecule has 0 aromatic carbocycles. The number of thiophene rings is 1. The van der Waals surface area contributed by atoms with Crippen molar-refractivity contribution >= 4 is 23.2 Å². The molecule has 0 bridgehead atoms. The van der Waals surface area contributed by atoms with Crippen LogP contribution in [0.2, 0.25) is 0 Å². The fourth-order valence-electron chi connectivity index (χ4n) is 2.06. The Labute approximate surface area is 135 Å². The summed E-state index contributed by atoms with van der Waals surface area (Å²) in [6.07, 6.45) is 2.42. The van der Waals surface area contributed by atoms with E-state index in [0.29, 0.717) is 19.0 Å². The van der Waals surface area contributed by atoms with Gasteiger partial charge in [0.1, 0.15) is 6.54 Å². The molecule has 0 aliphatic carbocycles. The van der Waals surface area contributed by atoms with Gasteiger partial charge in [-0.2, -0.15) is 0 Å². The van der Waals surface area contributed by atoms with Crippen molar-refractivity contribution in [1.29, 1.82) is 0 Å². The summed E-state index contributed by atoms with van der Waals surface area (Å²) in [6, 6.07) is 4.09. The molecular weight excluding hydrogens is 300 g/mol. The highest BCUT2D eigenvalue weighted by molar-refractivity contribution is 7.09. The van der Waals surface area contributed by atoms with E-state index in [2.05, 4.69) is 21.7 Å². The molecule has 1 saturated heterocycles. The average Bonchev–Trinajstić information content (AvgIpc) is 3.19. The highest BCUT2D eigenvalue weighted by Crippen LogP contribution is 2.10. The van der Waals surface area contributed by atoms with Crippen LogP contribution < -0.4 is 10.6 Å². The molecule has 1 unspecified atom stereocenters. The molecule has 0 saturated carbocycles. The first kappa shape index (κ1) is 16.8. The topological polar surface area (TPSA) is 66.0 Å². The number of hydrogen-bond acceptors (Lipinski definition) is 4. The Morgan fingerprint density at radius 3 is 3.00 bits per heavy atom. The molecule has 2 rings (SSSR count). The SMILES string of the molecule is CN(C)C(=O)CN=C(NCc1cccs1)NCC1CCCO1. The van der Waals surface area contributed by atoms with E-state index in [4.69, 9.17) is 4.74 Å². The Kier molecular flexibility index (Phi) is 6.67. The molecule has 22 heavy (non-hydrogen) atoms. The Hall–Kier alpha value is -1.60. The third-order valence-electron chi connectivity index (χ3n) is 3.40. The summed E-state index contributed by atoms with van der Waals surface area (Å²) in [7, 11) is 3.47. The molecule has 1 atom stereocenters. The van der Waals surface area contributed by atoms with E-state index in [1.165, 1.54) is 4.88 Å². The second kappa shape index (κ2) is 8.75. The second-order valence-electron chi connectivity index (χ2n) is 5.40. The molecule has 0 radical (unpaired) electrons. The van der Waals surface area contributed by atoms with Crippen LogP contribution in [0.4, 0.5) is 0 Å². The Morgan fingerprint density at radius 1 is 1.50 bits per heavy atom. The van der Waals surface area contributed by atoms with Gasteiger partial charge in [-0.1, -0.05) is 6.07 Å². The zero-order valence-corrected chi connectivity index (χ0v) is 14.0. The maximum atomic E-state index is 11.7. The fourth-order valence-corrected chi connectivity index (χ4v) is 2.71. The first-order valence-corrected chi connectivity index (χ1v) is 8.39. The van der Waals surface area contributed by atoms with Crippen LogP contribution in [0.1, 0.15) is 17.7 Å². The van der Waals surface area contributed by atoms with Crippen molar-refractivity contribution in [3.05, 3.63) is 22.4 Å². The van der Waals surface area contributed by atoms with Crippen molar-refractivity contribution in [2.24, 2.45) is 4.99 Å². The predicted molar refractivity (Wildman–Crippen MR) is 89.1 cm³/mol. The largest absolute Gasteiger partial charge is 0.376 e. The lowest BCUT2D eigenvalue weighted by Crippen LogP contribution is -2.41. The lowest BCUT2D eigenvalue weighted by atomic mass is 10.2. The summed E-state index contributed by atoms with van der Waals surface area (Å²) in [6.45, 7) is 2.39. The van der Waals surface area contributed by atoms with Crippen LogP contribution in [-0.4, -0.2) is 56.7 Å². The van der Waals surface area contributed by atoms with Gasteiger partial charge in [-0.15, -0.1) is 11.3 Å². The van der Waals surface area contributed by atoms with E-state index in [1.807, 2.05) is 11.4 Å². The molecule has 1 fully saturated rings. The van der Waals surface area contributed by atoms with Gasteiger partial charge in [-0.25, -0.2) is 4.99 Å². The molecule has 1 amide bonds. The zero-order chi connectivity index (χ0) is 15.8. The van der Waals surface area contributed by atoms with Crippen LogP contribution in [0.25, 0.3) is 0 Å². The highest BCUT2D eigenvalue weighted by Gasteiger charge is 2.15. The van der Waals surface area contributed by atoms with Gasteiger partial charge in [0.25, 0.3) is 0 Å². The van der Waals surface area contributed by atoms with Gasteiger partial charge in [0.2, 0.25) is 5.91 Å². The quantitative estimate of drug-likeness (QED) is 0.606. The number of nitrogens with one attached hydrogen (secondary N) is 2. The summed E-state index contributed by atoms with van der Waals surface area (Å²) in [5.41, 5.74) is 0. The fraction of sp³-hybridized carbons (Fsp3) is 0.600. The van der Waals surface area contributed by atoms with E-state index in [1.54, 1.807) is 30.3 Å². The normalized spacial score (nSPS) is 18.3. The summed E-state index contributed by atoms with van der Waals surface area (Å²) >= 11 is 1.69. The number of likely N-dealkylation sites (N-methyl/N-ethyl adjacent to an activating group) is 1. The van der Waals surface area contributed by atoms with Gasteiger partial charge >= 0.3 is 0 Å². The molecule has 7 heteroatoms. The van der Waals surface area contributed by atoms with Crippen LogP contribution >= 0.6 is 11.3 Å². The number of guanidine groups is 1. The van der Waals surface area contributed by atoms with Crippen LogP contribution in [0.5, 0.6) is 0 Å². The Bertz CT molecular complexity index is 482. The number of amides is 1. The third-order valence-corrected chi connectivity index (χ3v) is 4.28. The zero-order valence-electron chi connectivity index (χ0n) is 13.2. The molecule has 2 N–H and O–H groups in total. The number of carbonyl (C=O) groups is 1. The molecule has 122 valence electrons. The standard InChI is InChI=1S/C15H24N4O2S/c1-19(2)14(20)11-18-15(16-9-12-5-3-7-21-12)17-10-13-6-4-8-22-13/h4,6,8,12H,3,5,7,9-11H2,1-2H3,(H2,16,17,18). The van der Waals surface area contributed by atoms with Gasteiger partial charge in [0.05, 0.1) is 12.6 Å². The van der Waals surface area contributed by atoms with Crippen LogP contribution in [-0.2, 0) is 16.1 Å². The minimum atomic E-state index is -0.0191. The number of aliphatic imine (C=N–C) groups is 1. The van der Waals surface area contributed by atoms with Crippen molar-refractivity contribution in [2.45, 2.75) is 25.5 Å². The summed E-state index contributed by atoms with van der Waals surface area (Å²) in [4.78, 5) is 18.8. The monoisotopic (exact) mass is 324 g/mol. The molecule has 1 aromatic heterocycles. The molecule has 6 nitrogen and oxygen atoms in total. The first-order valence-electron chi connectivity index (χ1n) is 7.51. The van der Waals surface area contributed by atoms with E-state index in [-0.39, 0.29) is 18.6 Å². The summed E-state index contributed by atoms with van der Waals surface area (Å²) in [5.74, 6) is 0.633. The lowest BCUT2D eigenvalue weighted by Gasteiger charge is -2.16. The molecule has 1 aromatic rings. The summed E-state index contributed by atoms with van der Waals surface area (Å²) in [5, 5.41) is 8.57. The maximum Gasteiger partial charge on any atom is 0.243 e. The van der Waals surface area contributed by atoms with Gasteiger partial charge in [0, 0.05) is 32.1 Å². The number of carbonyl (C=O) groups excluding carboxylic acids is 1. The second-order valence-corrected chi connectivity index (χ2v) is 6.43. The average molecular weight is 324 g/mol. The Morgan fingerprint density at radius 2 is 2.36 bits per heavy atom. The van der Waals surface area contributed by atoms with Gasteiger partial charge in [0.15, 0.2) is 5.96 Å². The van der Waals surface area contributed by atoms with E-state index in [0.717, 1.165) is 19.4 Å². The van der Waals surface area contributed by atoms with E-state index >= 15 is 0 Å². The molecule has 1 aliphatic heterocycles. The van der Waals surface area contributed by atoms with Crippen molar-refractivity contribution in [1.82, 2.24) is 15.5 Å². The Balaban J connectivity index is 1.86. The minimum Gasteiger partial charge on any atom is -0.376 e. The van der Waals surface area contributed by atoms with Crippen molar-refractivity contribution < 1.29 is 9.53 Å². The maximum absolute atomic E-state index is 11.7. The minimum absolute atomic E-state index is 0.0191. The van der Waals surface area contributed by atoms with Gasteiger partial charge in [-0.05, 0) is 24.3 Å². The molecule has 2 heterocycles. The van der Waals surface area contributed by atoms with Crippen LogP contribution in [0.3, 0.4) is 0 Å². The third kappa shape index (κ3) is 5.65. The van der Waals surface area contributed by atoms with Gasteiger partial charge < -0.3 is 20.3 Å². The number of ether oxygens (including phenoxy) is 1. The van der Waals surface area contributed by atoms with Crippen molar-refractivity contribution in [3.8, 4) is 0 Å². The summed E-state index contributed by atoms with van der Waals surface area (Å²) < 4.78 is 5.60. The first-order chi connectivity index (χ1) is 10.6. The molecule has 0 spiro atoms. The van der Waals surface area contributed by atoms with Crippen LogP contribution in [0, 0.1) is 0 Å². The number of rotatable bonds is 6. The van der Waals surface area contributed by atoms with E-state index < -0.39 is 0 Å². The van der Waals surface area contributed by atoms with Gasteiger partial charge in [-0.3, -0.25) is 4.79 Å². The molecular formula is C15H24N4O2S. The predicted octanol–water partition coefficient (Wildman–Crippen LogP) is 1.05. The smallest absolute Gasteiger partial charge is 0.243 e. The number of hydrogen-bond donors (Lipinski definition) is 2. The lowest BCUT2D eigenvalue weighted by molar-refractivity contribution is -0.127. The van der Waals surface area contributed by atoms with Crippen molar-refractivity contribution in [2.75, 3.05) is 33.8 Å². The molecule has 1 aliphatic rings. The van der Waals surface area contributed by atoms with Crippen molar-refractivity contribution in [3.63, 3.8) is 0 Å². The number of nitrogens with zero attached hydrogens (tertiary/aromatic N) is 2. The van der Waals surface area contributed by atoms with E-state index in [9.17, 15) is 4.79 Å².